The van der Waals surface area contributed by atoms with Crippen LogP contribution in [0.25, 0.3) is 0 Å². The molecule has 0 aliphatic heterocycles. The summed E-state index contributed by atoms with van der Waals surface area (Å²) in [5.74, 6) is -1.63. The predicted molar refractivity (Wildman–Crippen MR) is 67.7 cm³/mol. The number of hydrogen-bond acceptors (Lipinski definition) is 4. The van der Waals surface area contributed by atoms with Gasteiger partial charge in [0, 0.05) is 19.7 Å². The molecule has 0 aliphatic rings. The average Bonchev–Trinajstić information content (AvgIpc) is 2.28. The fourth-order valence-corrected chi connectivity index (χ4v) is 1.67. The molecule has 102 valence electrons. The van der Waals surface area contributed by atoms with Crippen molar-refractivity contribution in [2.45, 2.75) is 32.3 Å². The molecule has 1 heterocycles. The van der Waals surface area contributed by atoms with Gasteiger partial charge >= 0.3 is 0 Å². The van der Waals surface area contributed by atoms with E-state index in [0.717, 1.165) is 12.5 Å². The van der Waals surface area contributed by atoms with Crippen molar-refractivity contribution in [2.24, 2.45) is 0 Å². The lowest BCUT2D eigenvalue weighted by atomic mass is 10.0. The maximum absolute atomic E-state index is 13.5. The third kappa shape index (κ3) is 3.80. The minimum absolute atomic E-state index is 0.0333. The lowest BCUT2D eigenvalue weighted by Gasteiger charge is -2.23. The summed E-state index contributed by atoms with van der Waals surface area (Å²) in [6, 6.07) is 0.760. The van der Waals surface area contributed by atoms with Gasteiger partial charge < -0.3 is 15.7 Å². The van der Waals surface area contributed by atoms with Gasteiger partial charge in [0.2, 0.25) is 0 Å². The van der Waals surface area contributed by atoms with Crippen LogP contribution in [0, 0.1) is 11.6 Å². The van der Waals surface area contributed by atoms with E-state index in [2.05, 4.69) is 15.6 Å². The number of anilines is 2. The topological polar surface area (TPSA) is 57.2 Å². The Kier molecular flexibility index (Phi) is 4.84. The van der Waals surface area contributed by atoms with Crippen LogP contribution in [0.15, 0.2) is 6.07 Å². The third-order valence-corrected chi connectivity index (χ3v) is 2.59. The molecule has 6 heteroatoms. The number of hydrogen-bond donors (Lipinski definition) is 3. The van der Waals surface area contributed by atoms with Crippen LogP contribution in [-0.4, -0.2) is 29.3 Å². The summed E-state index contributed by atoms with van der Waals surface area (Å²) >= 11 is 0. The van der Waals surface area contributed by atoms with Crippen molar-refractivity contribution >= 4 is 11.6 Å². The first-order chi connectivity index (χ1) is 8.39. The van der Waals surface area contributed by atoms with Crippen LogP contribution >= 0.6 is 0 Å². The minimum Gasteiger partial charge on any atom is -0.388 e. The molecule has 0 aliphatic carbocycles. The number of aromatic nitrogens is 1. The molecule has 3 N–H and O–H groups in total. The van der Waals surface area contributed by atoms with E-state index in [-0.39, 0.29) is 18.2 Å². The summed E-state index contributed by atoms with van der Waals surface area (Å²) in [5.41, 5.74) is -0.947. The molecule has 0 amide bonds. The molecule has 1 aromatic heterocycles. The largest absolute Gasteiger partial charge is 0.388 e. The van der Waals surface area contributed by atoms with Crippen molar-refractivity contribution in [3.8, 4) is 0 Å². The maximum Gasteiger partial charge on any atom is 0.168 e. The number of nitrogens with one attached hydrogen (secondary N) is 2. The van der Waals surface area contributed by atoms with Gasteiger partial charge in [-0.05, 0) is 13.3 Å². The van der Waals surface area contributed by atoms with Gasteiger partial charge in [-0.25, -0.2) is 13.8 Å². The van der Waals surface area contributed by atoms with Crippen LogP contribution in [0.3, 0.4) is 0 Å². The normalized spacial score (nSPS) is 14.1. The second-order valence-corrected chi connectivity index (χ2v) is 4.50. The van der Waals surface area contributed by atoms with Crippen LogP contribution in [0.4, 0.5) is 20.4 Å². The molecule has 0 saturated carbocycles. The van der Waals surface area contributed by atoms with Gasteiger partial charge in [0.05, 0.1) is 5.60 Å². The Balaban J connectivity index is 2.79. The summed E-state index contributed by atoms with van der Waals surface area (Å²) in [6.07, 6.45) is 1.40. The van der Waals surface area contributed by atoms with Gasteiger partial charge in [-0.1, -0.05) is 13.3 Å². The Morgan fingerprint density at radius 3 is 2.50 bits per heavy atom. The Labute approximate surface area is 105 Å². The summed E-state index contributed by atoms with van der Waals surface area (Å²) in [4.78, 5) is 3.77. The monoisotopic (exact) mass is 259 g/mol. The Hall–Kier alpha value is -1.43. The Morgan fingerprint density at radius 2 is 1.94 bits per heavy atom. The second kappa shape index (κ2) is 5.95. The average molecular weight is 259 g/mol. The molecule has 0 radical (unpaired) electrons. The molecule has 1 atom stereocenters. The van der Waals surface area contributed by atoms with E-state index in [1.807, 2.05) is 6.92 Å². The van der Waals surface area contributed by atoms with Crippen LogP contribution in [0.5, 0.6) is 0 Å². The molecular formula is C12H19F2N3O. The van der Waals surface area contributed by atoms with E-state index in [9.17, 15) is 13.9 Å². The van der Waals surface area contributed by atoms with E-state index in [4.69, 9.17) is 0 Å². The SMILES string of the molecule is CCCC(C)(O)CNc1nc(NC)c(F)cc1F. The number of aliphatic hydroxyl groups is 1. The number of halogens is 2. The van der Waals surface area contributed by atoms with E-state index in [1.165, 1.54) is 7.05 Å². The fourth-order valence-electron chi connectivity index (χ4n) is 1.67. The van der Waals surface area contributed by atoms with Crippen LogP contribution in [0.1, 0.15) is 26.7 Å². The predicted octanol–water partition coefficient (Wildman–Crippen LogP) is 2.36. The third-order valence-electron chi connectivity index (χ3n) is 2.59. The van der Waals surface area contributed by atoms with Crippen molar-refractivity contribution < 1.29 is 13.9 Å². The molecular weight excluding hydrogens is 240 g/mol. The lowest BCUT2D eigenvalue weighted by molar-refractivity contribution is 0.0635. The van der Waals surface area contributed by atoms with Crippen molar-refractivity contribution in [1.29, 1.82) is 0 Å². The van der Waals surface area contributed by atoms with Gasteiger partial charge in [0.1, 0.15) is 0 Å². The van der Waals surface area contributed by atoms with Gasteiger partial charge in [0.15, 0.2) is 23.3 Å². The van der Waals surface area contributed by atoms with Gasteiger partial charge in [-0.3, -0.25) is 0 Å². The van der Waals surface area contributed by atoms with Crippen LogP contribution < -0.4 is 10.6 Å². The molecule has 0 bridgehead atoms. The van der Waals surface area contributed by atoms with Crippen LogP contribution in [0.2, 0.25) is 0 Å². The summed E-state index contributed by atoms with van der Waals surface area (Å²) in [7, 11) is 1.50. The molecule has 0 fully saturated rings. The van der Waals surface area contributed by atoms with Crippen molar-refractivity contribution in [2.75, 3.05) is 24.2 Å². The molecule has 4 nitrogen and oxygen atoms in total. The van der Waals surface area contributed by atoms with Gasteiger partial charge in [-0.2, -0.15) is 0 Å². The van der Waals surface area contributed by atoms with Crippen molar-refractivity contribution in [3.05, 3.63) is 17.7 Å². The highest BCUT2D eigenvalue weighted by Gasteiger charge is 2.20. The molecule has 1 unspecified atom stereocenters. The highest BCUT2D eigenvalue weighted by atomic mass is 19.1. The molecule has 1 aromatic rings. The highest BCUT2D eigenvalue weighted by molar-refractivity contribution is 5.47. The Bertz CT molecular complexity index is 411. The zero-order valence-corrected chi connectivity index (χ0v) is 10.8. The number of nitrogens with zero attached hydrogens (tertiary/aromatic N) is 1. The first kappa shape index (κ1) is 14.6. The molecule has 0 aromatic carbocycles. The fraction of sp³-hybridized carbons (Fsp3) is 0.583. The molecule has 1 rings (SSSR count). The lowest BCUT2D eigenvalue weighted by Crippen LogP contribution is -2.33. The zero-order chi connectivity index (χ0) is 13.8. The first-order valence-corrected chi connectivity index (χ1v) is 5.89. The summed E-state index contributed by atoms with van der Waals surface area (Å²) < 4.78 is 26.6. The zero-order valence-electron chi connectivity index (χ0n) is 10.8. The van der Waals surface area contributed by atoms with Gasteiger partial charge in [0.25, 0.3) is 0 Å². The number of pyridine rings is 1. The minimum atomic E-state index is -0.947. The molecule has 0 saturated heterocycles. The van der Waals surface area contributed by atoms with Crippen molar-refractivity contribution in [1.82, 2.24) is 4.98 Å². The van der Waals surface area contributed by atoms with Crippen LogP contribution in [-0.2, 0) is 0 Å². The highest BCUT2D eigenvalue weighted by Crippen LogP contribution is 2.20. The first-order valence-electron chi connectivity index (χ1n) is 5.89. The molecule has 0 spiro atoms. The summed E-state index contributed by atoms with van der Waals surface area (Å²) in [5, 5.41) is 15.2. The second-order valence-electron chi connectivity index (χ2n) is 4.50. The van der Waals surface area contributed by atoms with E-state index in [1.54, 1.807) is 6.92 Å². The van der Waals surface area contributed by atoms with Gasteiger partial charge in [-0.15, -0.1) is 0 Å². The Morgan fingerprint density at radius 1 is 1.33 bits per heavy atom. The quantitative estimate of drug-likeness (QED) is 0.734. The van der Waals surface area contributed by atoms with E-state index in [0.29, 0.717) is 6.42 Å². The summed E-state index contributed by atoms with van der Waals surface area (Å²) in [6.45, 7) is 3.76. The standard InChI is InChI=1S/C12H19F2N3O/c1-4-5-12(2,18)7-16-11-9(14)6-8(13)10(15-3)17-11/h6,18H,4-5,7H2,1-3H3,(H2,15,16,17). The van der Waals surface area contributed by atoms with Crippen molar-refractivity contribution in [3.63, 3.8) is 0 Å². The van der Waals surface area contributed by atoms with E-state index >= 15 is 0 Å². The maximum atomic E-state index is 13.5. The number of rotatable bonds is 6. The molecule has 18 heavy (non-hydrogen) atoms. The smallest absolute Gasteiger partial charge is 0.168 e. The van der Waals surface area contributed by atoms with E-state index < -0.39 is 17.2 Å².